The van der Waals surface area contributed by atoms with Gasteiger partial charge in [-0.15, -0.1) is 0 Å². The molecule has 0 bridgehead atoms. The fourth-order valence-corrected chi connectivity index (χ4v) is 4.81. The van der Waals surface area contributed by atoms with E-state index in [1.807, 2.05) is 23.1 Å². The molecule has 1 spiro atoms. The molecule has 2 aliphatic heterocycles. The van der Waals surface area contributed by atoms with Gasteiger partial charge in [-0.1, -0.05) is 12.1 Å². The zero-order valence-corrected chi connectivity index (χ0v) is 17.8. The number of aliphatic hydroxyl groups excluding tert-OH is 1. The van der Waals surface area contributed by atoms with Crippen LogP contribution in [0.15, 0.2) is 60.7 Å². The highest BCUT2D eigenvalue weighted by molar-refractivity contribution is 6.00. The Balaban J connectivity index is 1.28. The van der Waals surface area contributed by atoms with Crippen molar-refractivity contribution in [2.24, 2.45) is 5.41 Å². The van der Waals surface area contributed by atoms with Crippen LogP contribution in [0, 0.1) is 5.41 Å². The number of hydrogen-bond acceptors (Lipinski definition) is 4. The second-order valence-corrected chi connectivity index (χ2v) is 8.91. The maximum absolute atomic E-state index is 12.9. The molecule has 3 aromatic carbocycles. The fraction of sp³-hybridized carbons (Fsp3) is 0.320. The van der Waals surface area contributed by atoms with E-state index in [-0.39, 0.29) is 17.9 Å². The second-order valence-electron chi connectivity index (χ2n) is 8.91. The predicted molar refractivity (Wildman–Crippen MR) is 117 cm³/mol. The molecule has 0 aliphatic carbocycles. The highest BCUT2D eigenvalue weighted by atomic mass is 19.4. The molecule has 2 saturated heterocycles. The highest BCUT2D eigenvalue weighted by Gasteiger charge is 2.52. The van der Waals surface area contributed by atoms with E-state index < -0.39 is 11.7 Å². The number of aliphatic hydroxyl groups is 1. The Morgan fingerprint density at radius 1 is 1.00 bits per heavy atom. The number of hydrogen-bond donors (Lipinski definition) is 1. The van der Waals surface area contributed by atoms with Gasteiger partial charge in [0.15, 0.2) is 0 Å². The number of carbonyl (C=O) groups is 1. The van der Waals surface area contributed by atoms with Crippen LogP contribution >= 0.6 is 0 Å². The summed E-state index contributed by atoms with van der Waals surface area (Å²) in [7, 11) is 0. The fourth-order valence-electron chi connectivity index (χ4n) is 4.81. The maximum Gasteiger partial charge on any atom is 0.416 e. The largest absolute Gasteiger partial charge is 0.457 e. The third-order valence-corrected chi connectivity index (χ3v) is 6.37. The van der Waals surface area contributed by atoms with E-state index in [2.05, 4.69) is 4.90 Å². The summed E-state index contributed by atoms with van der Waals surface area (Å²) in [5.41, 5.74) is 0.0342. The average molecular weight is 456 g/mol. The monoisotopic (exact) mass is 456 g/mol. The molecule has 33 heavy (non-hydrogen) atoms. The van der Waals surface area contributed by atoms with Crippen LogP contribution in [0.25, 0.3) is 10.8 Å². The third kappa shape index (κ3) is 4.16. The van der Waals surface area contributed by atoms with Crippen molar-refractivity contribution in [3.63, 3.8) is 0 Å². The molecular formula is C25H23F3N2O3. The van der Waals surface area contributed by atoms with Crippen molar-refractivity contribution in [1.82, 2.24) is 9.80 Å². The summed E-state index contributed by atoms with van der Waals surface area (Å²) in [6, 6.07) is 15.4. The molecule has 0 unspecified atom stereocenters. The lowest BCUT2D eigenvalue weighted by atomic mass is 9.72. The van der Waals surface area contributed by atoms with Crippen molar-refractivity contribution in [1.29, 1.82) is 0 Å². The first-order valence-corrected chi connectivity index (χ1v) is 10.8. The van der Waals surface area contributed by atoms with Crippen LogP contribution in [0.4, 0.5) is 13.2 Å². The standard InChI is InChI=1S/C25H23F3N2O3/c26-25(27,28)19-5-7-20(8-6-19)33-22-3-1-2-17-12-18(4-9-21(17)22)23(32)30-15-24(16-30)13-29(14-24)10-11-31/h1-9,12,31H,10-11,13-16H2. The van der Waals surface area contributed by atoms with Crippen LogP contribution in [-0.4, -0.2) is 60.1 Å². The number of alkyl halides is 3. The Kier molecular flexibility index (Phi) is 5.29. The Morgan fingerprint density at radius 2 is 1.73 bits per heavy atom. The molecule has 1 N–H and O–H groups in total. The van der Waals surface area contributed by atoms with Gasteiger partial charge < -0.3 is 14.7 Å². The molecule has 172 valence electrons. The molecule has 5 nitrogen and oxygen atoms in total. The minimum atomic E-state index is -4.39. The molecule has 0 aromatic heterocycles. The van der Waals surface area contributed by atoms with E-state index in [0.717, 1.165) is 49.1 Å². The topological polar surface area (TPSA) is 53.0 Å². The van der Waals surface area contributed by atoms with Gasteiger partial charge in [-0.3, -0.25) is 9.69 Å². The van der Waals surface area contributed by atoms with E-state index >= 15 is 0 Å². The average Bonchev–Trinajstić information content (AvgIpc) is 2.73. The predicted octanol–water partition coefficient (Wildman–Crippen LogP) is 4.40. The second kappa shape index (κ2) is 8.04. The number of amides is 1. The molecule has 3 aromatic rings. The van der Waals surface area contributed by atoms with Gasteiger partial charge >= 0.3 is 6.18 Å². The minimum Gasteiger partial charge on any atom is -0.457 e. The third-order valence-electron chi connectivity index (χ3n) is 6.37. The number of fused-ring (bicyclic) bond motifs is 1. The van der Waals surface area contributed by atoms with Crippen molar-refractivity contribution < 1.29 is 27.8 Å². The zero-order chi connectivity index (χ0) is 23.2. The van der Waals surface area contributed by atoms with Gasteiger partial charge in [-0.05, 0) is 53.9 Å². The Bertz CT molecular complexity index is 1180. The number of β-amino-alcohol motifs (C(OH)–C–C–N with tert-alkyl or cyclic N) is 1. The summed E-state index contributed by atoms with van der Waals surface area (Å²) in [5, 5.41) is 10.6. The first kappa shape index (κ1) is 21.7. The van der Waals surface area contributed by atoms with E-state index in [1.54, 1.807) is 18.2 Å². The number of nitrogens with zero attached hydrogens (tertiary/aromatic N) is 2. The summed E-state index contributed by atoms with van der Waals surface area (Å²) in [6.07, 6.45) is -4.39. The summed E-state index contributed by atoms with van der Waals surface area (Å²) >= 11 is 0. The lowest BCUT2D eigenvalue weighted by Gasteiger charge is -2.60. The smallest absolute Gasteiger partial charge is 0.416 e. The highest BCUT2D eigenvalue weighted by Crippen LogP contribution is 2.40. The molecule has 0 saturated carbocycles. The van der Waals surface area contributed by atoms with Crippen molar-refractivity contribution in [3.8, 4) is 11.5 Å². The van der Waals surface area contributed by atoms with E-state index in [1.165, 1.54) is 12.1 Å². The van der Waals surface area contributed by atoms with Crippen LogP contribution in [0.5, 0.6) is 11.5 Å². The summed E-state index contributed by atoms with van der Waals surface area (Å²) in [6.45, 7) is 4.11. The number of ether oxygens (including phenoxy) is 1. The molecule has 5 rings (SSSR count). The minimum absolute atomic E-state index is 0.0165. The first-order chi connectivity index (χ1) is 15.8. The molecule has 8 heteroatoms. The number of likely N-dealkylation sites (tertiary alicyclic amines) is 2. The van der Waals surface area contributed by atoms with Gasteiger partial charge in [-0.2, -0.15) is 13.2 Å². The van der Waals surface area contributed by atoms with Crippen molar-refractivity contribution in [3.05, 3.63) is 71.8 Å². The van der Waals surface area contributed by atoms with Crippen LogP contribution < -0.4 is 4.74 Å². The van der Waals surface area contributed by atoms with Crippen molar-refractivity contribution >= 4 is 16.7 Å². The molecular weight excluding hydrogens is 433 g/mol. The molecule has 2 aliphatic rings. The molecule has 1 amide bonds. The maximum atomic E-state index is 12.9. The number of carbonyl (C=O) groups excluding carboxylic acids is 1. The van der Waals surface area contributed by atoms with Crippen molar-refractivity contribution in [2.45, 2.75) is 6.18 Å². The van der Waals surface area contributed by atoms with Gasteiger partial charge in [0, 0.05) is 49.1 Å². The van der Waals surface area contributed by atoms with Crippen LogP contribution in [-0.2, 0) is 6.18 Å². The van der Waals surface area contributed by atoms with E-state index in [4.69, 9.17) is 9.84 Å². The Hall–Kier alpha value is -3.10. The number of rotatable bonds is 5. The summed E-state index contributed by atoms with van der Waals surface area (Å²) in [4.78, 5) is 17.0. The van der Waals surface area contributed by atoms with Crippen molar-refractivity contribution in [2.75, 3.05) is 39.3 Å². The van der Waals surface area contributed by atoms with Gasteiger partial charge in [0.1, 0.15) is 11.5 Å². The Labute approximate surface area is 189 Å². The van der Waals surface area contributed by atoms with Gasteiger partial charge in [0.2, 0.25) is 0 Å². The number of halogens is 3. The van der Waals surface area contributed by atoms with Gasteiger partial charge in [-0.25, -0.2) is 0 Å². The van der Waals surface area contributed by atoms with Crippen LogP contribution in [0.1, 0.15) is 15.9 Å². The first-order valence-electron chi connectivity index (χ1n) is 10.8. The Morgan fingerprint density at radius 3 is 2.39 bits per heavy atom. The lowest BCUT2D eigenvalue weighted by molar-refractivity contribution is -0.137. The normalized spacial score (nSPS) is 17.6. The van der Waals surface area contributed by atoms with Crippen LogP contribution in [0.3, 0.4) is 0 Å². The molecule has 0 radical (unpaired) electrons. The molecule has 0 atom stereocenters. The summed E-state index contributed by atoms with van der Waals surface area (Å²) < 4.78 is 44.2. The quantitative estimate of drug-likeness (QED) is 0.619. The van der Waals surface area contributed by atoms with Gasteiger partial charge in [0.05, 0.1) is 12.2 Å². The van der Waals surface area contributed by atoms with E-state index in [0.29, 0.717) is 23.6 Å². The zero-order valence-electron chi connectivity index (χ0n) is 17.8. The lowest BCUT2D eigenvalue weighted by Crippen LogP contribution is -2.73. The SMILES string of the molecule is O=C(c1ccc2c(Oc3ccc(C(F)(F)F)cc3)cccc2c1)N1CC2(CN(CCO)C2)C1. The number of benzene rings is 3. The van der Waals surface area contributed by atoms with Gasteiger partial charge in [0.25, 0.3) is 5.91 Å². The molecule has 2 fully saturated rings. The summed E-state index contributed by atoms with van der Waals surface area (Å²) in [5.74, 6) is 0.794. The van der Waals surface area contributed by atoms with E-state index in [9.17, 15) is 18.0 Å². The molecule has 2 heterocycles. The van der Waals surface area contributed by atoms with Crippen LogP contribution in [0.2, 0.25) is 0 Å².